The molecule has 2 fully saturated rings. The number of cyclic esters (lactones) is 1. The Kier molecular flexibility index (Phi) is 6.91. The van der Waals surface area contributed by atoms with E-state index in [9.17, 15) is 19.5 Å². The largest absolute Gasteiger partial charge is 0.491 e. The molecule has 4 aromatic rings. The Labute approximate surface area is 254 Å². The van der Waals surface area contributed by atoms with Crippen molar-refractivity contribution < 1.29 is 29.0 Å². The highest BCUT2D eigenvalue weighted by Crippen LogP contribution is 2.65. The quantitative estimate of drug-likeness (QED) is 0.280. The number of carbonyl (C=O) groups excluding carboxylic acids is 3. The summed E-state index contributed by atoms with van der Waals surface area (Å²) in [7, 11) is 0. The van der Waals surface area contributed by atoms with Gasteiger partial charge in [-0.2, -0.15) is 0 Å². The third-order valence-electron chi connectivity index (χ3n) is 9.08. The number of carbonyl (C=O) groups is 3. The molecule has 0 aliphatic carbocycles. The number of primary amides is 1. The van der Waals surface area contributed by atoms with E-state index in [1.54, 1.807) is 30.3 Å². The summed E-state index contributed by atoms with van der Waals surface area (Å²) in [6, 6.07) is 30.8. The van der Waals surface area contributed by atoms with Gasteiger partial charge in [-0.15, -0.1) is 0 Å². The van der Waals surface area contributed by atoms with E-state index in [1.165, 1.54) is 0 Å². The number of amides is 2. The van der Waals surface area contributed by atoms with Crippen molar-refractivity contribution in [3.8, 4) is 5.75 Å². The molecule has 0 unspecified atom stereocenters. The van der Waals surface area contributed by atoms with E-state index in [-0.39, 0.29) is 13.2 Å². The first-order chi connectivity index (χ1) is 21.5. The maximum Gasteiger partial charge on any atom is 0.324 e. The summed E-state index contributed by atoms with van der Waals surface area (Å²) in [5, 5.41) is 12.6. The molecule has 0 aromatic heterocycles. The standard InChI is InChI=1S/C35H31N3O6/c36-32(40)27-29-33(41)44-30(22-13-5-2-6-14-22)28(21-11-3-1-4-12-21)38(29)31(23-15-7-10-18-26(23)43-20-19-39)35(27)24-16-8-9-17-25(24)37-34(35)42/h1-18,27-31,39H,19-20H2,(H2,36,40)(H,37,42)/t27-,28-,29-,30+,31+,35-/m1/s1. The van der Waals surface area contributed by atoms with Crippen LogP contribution >= 0.6 is 0 Å². The van der Waals surface area contributed by atoms with Crippen molar-refractivity contribution in [3.05, 3.63) is 131 Å². The molecule has 6 atom stereocenters. The molecule has 0 saturated carbocycles. The van der Waals surface area contributed by atoms with Gasteiger partial charge in [-0.1, -0.05) is 97.1 Å². The van der Waals surface area contributed by atoms with Gasteiger partial charge in [-0.25, -0.2) is 0 Å². The first-order valence-electron chi connectivity index (χ1n) is 14.6. The summed E-state index contributed by atoms with van der Waals surface area (Å²) in [5.74, 6) is -2.71. The molecular weight excluding hydrogens is 558 g/mol. The fourth-order valence-electron chi connectivity index (χ4n) is 7.54. The van der Waals surface area contributed by atoms with Crippen LogP contribution in [0.2, 0.25) is 0 Å². The molecule has 2 amide bonds. The zero-order valence-electron chi connectivity index (χ0n) is 23.7. The van der Waals surface area contributed by atoms with Gasteiger partial charge in [0.2, 0.25) is 11.8 Å². The van der Waals surface area contributed by atoms with Crippen LogP contribution in [0, 0.1) is 5.92 Å². The summed E-state index contributed by atoms with van der Waals surface area (Å²) >= 11 is 0. The van der Waals surface area contributed by atoms with Gasteiger partial charge in [-0.3, -0.25) is 19.3 Å². The van der Waals surface area contributed by atoms with Crippen molar-refractivity contribution in [3.63, 3.8) is 0 Å². The third-order valence-corrected chi connectivity index (χ3v) is 9.08. The number of nitrogens with one attached hydrogen (secondary N) is 1. The summed E-state index contributed by atoms with van der Waals surface area (Å²) in [6.07, 6.45) is -0.765. The lowest BCUT2D eigenvalue weighted by atomic mass is 9.65. The molecular formula is C35H31N3O6. The smallest absolute Gasteiger partial charge is 0.324 e. The third kappa shape index (κ3) is 4.04. The second kappa shape index (κ2) is 10.9. The van der Waals surface area contributed by atoms with E-state index in [2.05, 4.69) is 5.32 Å². The second-order valence-corrected chi connectivity index (χ2v) is 11.3. The predicted molar refractivity (Wildman–Crippen MR) is 161 cm³/mol. The van der Waals surface area contributed by atoms with Gasteiger partial charge in [0.1, 0.15) is 29.9 Å². The fraction of sp³-hybridized carbons (Fsp3) is 0.229. The molecule has 2 saturated heterocycles. The lowest BCUT2D eigenvalue weighted by Gasteiger charge is -2.46. The molecule has 222 valence electrons. The number of hydrogen-bond acceptors (Lipinski definition) is 7. The van der Waals surface area contributed by atoms with Crippen LogP contribution in [0.3, 0.4) is 0 Å². The summed E-state index contributed by atoms with van der Waals surface area (Å²) in [6.45, 7) is -0.211. The first kappa shape index (κ1) is 27.8. The maximum absolute atomic E-state index is 14.5. The van der Waals surface area contributed by atoms with Crippen molar-refractivity contribution in [2.45, 2.75) is 29.6 Å². The van der Waals surface area contributed by atoms with Gasteiger partial charge in [-0.05, 0) is 28.8 Å². The van der Waals surface area contributed by atoms with Gasteiger partial charge >= 0.3 is 5.97 Å². The topological polar surface area (TPSA) is 131 Å². The average molecular weight is 590 g/mol. The Balaban J connectivity index is 1.57. The number of anilines is 1. The Bertz CT molecular complexity index is 1730. The molecule has 3 heterocycles. The maximum atomic E-state index is 14.5. The number of morpholine rings is 1. The zero-order valence-corrected chi connectivity index (χ0v) is 23.7. The van der Waals surface area contributed by atoms with Gasteiger partial charge in [0.15, 0.2) is 0 Å². The molecule has 7 rings (SSSR count). The van der Waals surface area contributed by atoms with E-state index in [0.717, 1.165) is 11.1 Å². The molecule has 9 nitrogen and oxygen atoms in total. The Morgan fingerprint density at radius 1 is 0.864 bits per heavy atom. The number of benzene rings is 4. The van der Waals surface area contributed by atoms with Crippen molar-refractivity contribution >= 4 is 23.5 Å². The van der Waals surface area contributed by atoms with E-state index >= 15 is 0 Å². The number of fused-ring (bicyclic) bond motifs is 3. The Hall–Kier alpha value is -4.99. The zero-order chi connectivity index (χ0) is 30.4. The number of aliphatic hydroxyl groups is 1. The highest BCUT2D eigenvalue weighted by Gasteiger charge is 2.74. The number of nitrogens with zero attached hydrogens (tertiary/aromatic N) is 1. The van der Waals surface area contributed by atoms with E-state index in [1.807, 2.05) is 83.8 Å². The van der Waals surface area contributed by atoms with Crippen molar-refractivity contribution in [1.82, 2.24) is 4.90 Å². The van der Waals surface area contributed by atoms with Crippen molar-refractivity contribution in [2.75, 3.05) is 18.5 Å². The van der Waals surface area contributed by atoms with Gasteiger partial charge in [0.05, 0.1) is 24.6 Å². The first-order valence-corrected chi connectivity index (χ1v) is 14.6. The van der Waals surface area contributed by atoms with E-state index in [0.29, 0.717) is 22.6 Å². The number of ether oxygens (including phenoxy) is 2. The highest BCUT2D eigenvalue weighted by atomic mass is 16.6. The SMILES string of the molecule is NC(=O)[C@H]1[C@@H]2C(=O)O[C@@H](c3ccccc3)[C@@H](c3ccccc3)N2[C@@H](c2ccccc2OCCO)[C@]12C(=O)Nc1ccccc12. The van der Waals surface area contributed by atoms with Crippen LogP contribution in [-0.2, 0) is 24.5 Å². The summed E-state index contributed by atoms with van der Waals surface area (Å²) in [5.41, 5.74) is 7.91. The number of hydrogen-bond donors (Lipinski definition) is 3. The van der Waals surface area contributed by atoms with Crippen molar-refractivity contribution in [2.24, 2.45) is 11.7 Å². The van der Waals surface area contributed by atoms with Crippen LogP contribution in [0.1, 0.15) is 40.4 Å². The minimum Gasteiger partial charge on any atom is -0.491 e. The van der Waals surface area contributed by atoms with E-state index in [4.69, 9.17) is 15.2 Å². The van der Waals surface area contributed by atoms with Gasteiger partial charge in [0, 0.05) is 11.3 Å². The second-order valence-electron chi connectivity index (χ2n) is 11.3. The molecule has 3 aliphatic heterocycles. The molecule has 3 aliphatic rings. The number of rotatable bonds is 7. The van der Waals surface area contributed by atoms with E-state index < -0.39 is 53.3 Å². The molecule has 4 aromatic carbocycles. The molecule has 0 radical (unpaired) electrons. The lowest BCUT2D eigenvalue weighted by Crippen LogP contribution is -2.53. The van der Waals surface area contributed by atoms with Crippen LogP contribution in [0.15, 0.2) is 109 Å². The van der Waals surface area contributed by atoms with Crippen LogP contribution in [0.5, 0.6) is 5.75 Å². The number of para-hydroxylation sites is 2. The number of aliphatic hydroxyl groups excluding tert-OH is 1. The Morgan fingerprint density at radius 2 is 1.50 bits per heavy atom. The molecule has 44 heavy (non-hydrogen) atoms. The lowest BCUT2D eigenvalue weighted by molar-refractivity contribution is -0.178. The molecule has 0 bridgehead atoms. The van der Waals surface area contributed by atoms with Crippen molar-refractivity contribution in [1.29, 1.82) is 0 Å². The molecule has 4 N–H and O–H groups in total. The summed E-state index contributed by atoms with van der Waals surface area (Å²) < 4.78 is 12.3. The monoisotopic (exact) mass is 589 g/mol. The minimum absolute atomic E-state index is 0.0129. The number of esters is 1. The average Bonchev–Trinajstić information content (AvgIpc) is 3.53. The Morgan fingerprint density at radius 3 is 2.20 bits per heavy atom. The van der Waals surface area contributed by atoms with Gasteiger partial charge < -0.3 is 25.6 Å². The normalized spacial score (nSPS) is 27.3. The number of nitrogens with two attached hydrogens (primary N) is 1. The van der Waals surface area contributed by atoms with Crippen LogP contribution in [0.25, 0.3) is 0 Å². The predicted octanol–water partition coefficient (Wildman–Crippen LogP) is 3.81. The van der Waals surface area contributed by atoms with Crippen LogP contribution in [0.4, 0.5) is 5.69 Å². The van der Waals surface area contributed by atoms with Gasteiger partial charge in [0.25, 0.3) is 0 Å². The molecule has 9 heteroatoms. The molecule has 1 spiro atoms. The highest BCUT2D eigenvalue weighted by molar-refractivity contribution is 6.11. The summed E-state index contributed by atoms with van der Waals surface area (Å²) in [4.78, 5) is 44.5. The van der Waals surface area contributed by atoms with Crippen LogP contribution < -0.4 is 15.8 Å². The van der Waals surface area contributed by atoms with Crippen LogP contribution in [-0.4, -0.2) is 47.0 Å². The minimum atomic E-state index is -1.61. The fourth-order valence-corrected chi connectivity index (χ4v) is 7.54.